The van der Waals surface area contributed by atoms with Crippen LogP contribution in [0.15, 0.2) is 34.5 Å². The van der Waals surface area contributed by atoms with Gasteiger partial charge in [0, 0.05) is 0 Å². The lowest BCUT2D eigenvalue weighted by Crippen LogP contribution is -2.01. The number of hydrogen-bond acceptors (Lipinski definition) is 2. The summed E-state index contributed by atoms with van der Waals surface area (Å²) < 4.78 is 0. The third-order valence-corrected chi connectivity index (χ3v) is 3.08. The van der Waals surface area contributed by atoms with Gasteiger partial charge in [0.25, 0.3) is 0 Å². The summed E-state index contributed by atoms with van der Waals surface area (Å²) >= 11 is 0. The van der Waals surface area contributed by atoms with Crippen LogP contribution in [-0.2, 0) is 6.42 Å². The number of azo groups is 1. The lowest BCUT2D eigenvalue weighted by atomic mass is 9.98. The van der Waals surface area contributed by atoms with E-state index in [-0.39, 0.29) is 0 Å². The molecule has 1 heterocycles. The normalized spacial score (nSPS) is 24.7. The summed E-state index contributed by atoms with van der Waals surface area (Å²) in [4.78, 5) is 0. The minimum atomic E-state index is 0.307. The molecule has 0 aromatic heterocycles. The number of hydrogen-bond donors (Lipinski definition) is 0. The van der Waals surface area contributed by atoms with Gasteiger partial charge in [-0.2, -0.15) is 10.2 Å². The molecule has 0 fully saturated rings. The molecule has 1 aliphatic rings. The Balaban J connectivity index is 2.14. The van der Waals surface area contributed by atoms with E-state index in [0.717, 1.165) is 19.3 Å². The molecule has 1 aliphatic heterocycles. The van der Waals surface area contributed by atoms with Crippen LogP contribution >= 0.6 is 0 Å². The first-order valence-electron chi connectivity index (χ1n) is 5.82. The van der Waals surface area contributed by atoms with Crippen LogP contribution in [0.5, 0.6) is 0 Å². The first-order chi connectivity index (χ1) is 7.33. The maximum absolute atomic E-state index is 4.36. The van der Waals surface area contributed by atoms with Crippen molar-refractivity contribution in [3.8, 4) is 0 Å². The number of aryl methyl sites for hydroxylation is 1. The Hall–Kier alpha value is -1.18. The van der Waals surface area contributed by atoms with Gasteiger partial charge < -0.3 is 0 Å². The fourth-order valence-electron chi connectivity index (χ4n) is 2.00. The van der Waals surface area contributed by atoms with Gasteiger partial charge in [-0.25, -0.2) is 0 Å². The van der Waals surface area contributed by atoms with Gasteiger partial charge in [0.2, 0.25) is 0 Å². The van der Waals surface area contributed by atoms with E-state index < -0.39 is 0 Å². The van der Waals surface area contributed by atoms with Gasteiger partial charge >= 0.3 is 0 Å². The molecule has 0 radical (unpaired) electrons. The van der Waals surface area contributed by atoms with E-state index in [2.05, 4.69) is 48.3 Å². The zero-order valence-corrected chi connectivity index (χ0v) is 9.48. The van der Waals surface area contributed by atoms with Gasteiger partial charge in [-0.3, -0.25) is 0 Å². The molecule has 2 nitrogen and oxygen atoms in total. The lowest BCUT2D eigenvalue weighted by molar-refractivity contribution is 0.612. The van der Waals surface area contributed by atoms with Crippen molar-refractivity contribution in [1.29, 1.82) is 0 Å². The SMILES string of the molecule is CCc1cccc(C2CC(CC)N=N2)c1. The Morgan fingerprint density at radius 2 is 2.13 bits per heavy atom. The highest BCUT2D eigenvalue weighted by Crippen LogP contribution is 2.31. The fourth-order valence-corrected chi connectivity index (χ4v) is 2.00. The van der Waals surface area contributed by atoms with Gasteiger partial charge in [-0.05, 0) is 30.4 Å². The van der Waals surface area contributed by atoms with Crippen molar-refractivity contribution in [2.24, 2.45) is 10.2 Å². The molecule has 2 unspecified atom stereocenters. The third kappa shape index (κ3) is 2.25. The van der Waals surface area contributed by atoms with E-state index in [1.54, 1.807) is 0 Å². The number of nitrogens with zero attached hydrogens (tertiary/aromatic N) is 2. The highest BCUT2D eigenvalue weighted by molar-refractivity contribution is 5.26. The maximum atomic E-state index is 4.36. The van der Waals surface area contributed by atoms with Gasteiger partial charge in [0.05, 0.1) is 12.1 Å². The molecule has 0 N–H and O–H groups in total. The second-order valence-corrected chi connectivity index (χ2v) is 4.14. The molecule has 0 bridgehead atoms. The summed E-state index contributed by atoms with van der Waals surface area (Å²) in [6, 6.07) is 9.49. The van der Waals surface area contributed by atoms with Crippen LogP contribution < -0.4 is 0 Å². The summed E-state index contributed by atoms with van der Waals surface area (Å²) in [5, 5.41) is 8.65. The first kappa shape index (κ1) is 10.3. The summed E-state index contributed by atoms with van der Waals surface area (Å²) in [5.41, 5.74) is 2.72. The smallest absolute Gasteiger partial charge is 0.0978 e. The van der Waals surface area contributed by atoms with Crippen molar-refractivity contribution >= 4 is 0 Å². The minimum Gasteiger partial charge on any atom is -0.190 e. The van der Waals surface area contributed by atoms with E-state index in [1.165, 1.54) is 11.1 Å². The quantitative estimate of drug-likeness (QED) is 0.709. The zero-order chi connectivity index (χ0) is 10.7. The topological polar surface area (TPSA) is 24.7 Å². The predicted octanol–water partition coefficient (Wildman–Crippen LogP) is 3.92. The average Bonchev–Trinajstić information content (AvgIpc) is 2.78. The molecule has 0 spiro atoms. The fraction of sp³-hybridized carbons (Fsp3) is 0.538. The Morgan fingerprint density at radius 3 is 2.80 bits per heavy atom. The molecule has 0 saturated heterocycles. The van der Waals surface area contributed by atoms with E-state index in [9.17, 15) is 0 Å². The Morgan fingerprint density at radius 1 is 1.27 bits per heavy atom. The Labute approximate surface area is 91.4 Å². The second kappa shape index (κ2) is 4.56. The standard InChI is InChI=1S/C13H18N2/c1-3-10-6-5-7-11(8-10)13-9-12(4-2)14-15-13/h5-8,12-13H,3-4,9H2,1-2H3. The molecule has 0 amide bonds. The van der Waals surface area contributed by atoms with E-state index in [0.29, 0.717) is 12.1 Å². The Bertz CT molecular complexity index is 357. The molecule has 15 heavy (non-hydrogen) atoms. The third-order valence-electron chi connectivity index (χ3n) is 3.08. The van der Waals surface area contributed by atoms with Crippen molar-refractivity contribution in [3.63, 3.8) is 0 Å². The second-order valence-electron chi connectivity index (χ2n) is 4.14. The highest BCUT2D eigenvalue weighted by Gasteiger charge is 2.21. The van der Waals surface area contributed by atoms with Gasteiger partial charge in [0.1, 0.15) is 0 Å². The molecular formula is C13H18N2. The zero-order valence-electron chi connectivity index (χ0n) is 9.48. The van der Waals surface area contributed by atoms with Crippen molar-refractivity contribution in [1.82, 2.24) is 0 Å². The minimum absolute atomic E-state index is 0.307. The van der Waals surface area contributed by atoms with Crippen LogP contribution in [0, 0.1) is 0 Å². The largest absolute Gasteiger partial charge is 0.190 e. The van der Waals surface area contributed by atoms with E-state index in [4.69, 9.17) is 0 Å². The summed E-state index contributed by atoms with van der Waals surface area (Å²) in [5.74, 6) is 0. The Kier molecular flexibility index (Phi) is 3.14. The van der Waals surface area contributed by atoms with Crippen LogP contribution in [0.2, 0.25) is 0 Å². The molecule has 1 aromatic carbocycles. The van der Waals surface area contributed by atoms with Crippen LogP contribution in [-0.4, -0.2) is 6.04 Å². The molecule has 2 rings (SSSR count). The van der Waals surface area contributed by atoms with Gasteiger partial charge in [0.15, 0.2) is 0 Å². The summed E-state index contributed by atoms with van der Waals surface area (Å²) in [6.45, 7) is 4.36. The monoisotopic (exact) mass is 202 g/mol. The predicted molar refractivity (Wildman–Crippen MR) is 62.1 cm³/mol. The van der Waals surface area contributed by atoms with Crippen molar-refractivity contribution in [2.75, 3.05) is 0 Å². The van der Waals surface area contributed by atoms with E-state index in [1.807, 2.05) is 0 Å². The summed E-state index contributed by atoms with van der Waals surface area (Å²) in [7, 11) is 0. The lowest BCUT2D eigenvalue weighted by Gasteiger charge is -2.08. The molecule has 1 aromatic rings. The van der Waals surface area contributed by atoms with Crippen LogP contribution in [0.3, 0.4) is 0 Å². The van der Waals surface area contributed by atoms with Gasteiger partial charge in [-0.1, -0.05) is 38.1 Å². The molecule has 0 saturated carbocycles. The molecule has 2 atom stereocenters. The van der Waals surface area contributed by atoms with Crippen LogP contribution in [0.1, 0.15) is 43.9 Å². The highest BCUT2D eigenvalue weighted by atomic mass is 15.2. The van der Waals surface area contributed by atoms with E-state index >= 15 is 0 Å². The molecule has 80 valence electrons. The van der Waals surface area contributed by atoms with Gasteiger partial charge in [-0.15, -0.1) is 0 Å². The maximum Gasteiger partial charge on any atom is 0.0978 e. The van der Waals surface area contributed by atoms with Crippen LogP contribution in [0.4, 0.5) is 0 Å². The van der Waals surface area contributed by atoms with Crippen LogP contribution in [0.25, 0.3) is 0 Å². The first-order valence-corrected chi connectivity index (χ1v) is 5.82. The summed E-state index contributed by atoms with van der Waals surface area (Å²) in [6.07, 6.45) is 3.28. The average molecular weight is 202 g/mol. The van der Waals surface area contributed by atoms with Crippen molar-refractivity contribution in [2.45, 2.75) is 45.2 Å². The molecular weight excluding hydrogens is 184 g/mol. The molecule has 0 aliphatic carbocycles. The number of rotatable bonds is 3. The number of benzene rings is 1. The molecule has 2 heteroatoms. The van der Waals surface area contributed by atoms with Crippen molar-refractivity contribution < 1.29 is 0 Å². The van der Waals surface area contributed by atoms with Crippen molar-refractivity contribution in [3.05, 3.63) is 35.4 Å².